The van der Waals surface area contributed by atoms with Gasteiger partial charge in [0.15, 0.2) is 0 Å². The molecule has 0 aliphatic rings. The lowest BCUT2D eigenvalue weighted by Gasteiger charge is -2.07. The number of hydrogen-bond donors (Lipinski definition) is 1. The molecular formula is C15H14FNO2. The van der Waals surface area contributed by atoms with Crippen LogP contribution in [0, 0.1) is 12.7 Å². The Kier molecular flexibility index (Phi) is 3.51. The third-order valence-electron chi connectivity index (χ3n) is 2.93. The van der Waals surface area contributed by atoms with Gasteiger partial charge < -0.3 is 10.5 Å². The van der Waals surface area contributed by atoms with E-state index >= 15 is 0 Å². The summed E-state index contributed by atoms with van der Waals surface area (Å²) in [5.41, 5.74) is 8.94. The van der Waals surface area contributed by atoms with Crippen LogP contribution in [0.1, 0.15) is 15.9 Å². The van der Waals surface area contributed by atoms with E-state index in [4.69, 9.17) is 5.73 Å². The summed E-state index contributed by atoms with van der Waals surface area (Å²) in [6.07, 6.45) is 0. The van der Waals surface area contributed by atoms with E-state index in [1.807, 2.05) is 19.1 Å². The molecule has 0 spiro atoms. The summed E-state index contributed by atoms with van der Waals surface area (Å²) in [4.78, 5) is 11.5. The number of methoxy groups -OCH3 is 1. The van der Waals surface area contributed by atoms with E-state index in [1.165, 1.54) is 13.2 Å². The molecule has 0 unspecified atom stereocenters. The van der Waals surface area contributed by atoms with Crippen LogP contribution in [0.3, 0.4) is 0 Å². The Morgan fingerprint density at radius 2 is 1.89 bits per heavy atom. The SMILES string of the molecule is COC(=O)c1cc(F)cc(-c2ccc(C)c(N)c2)c1. The van der Waals surface area contributed by atoms with Gasteiger partial charge >= 0.3 is 5.97 Å². The van der Waals surface area contributed by atoms with Gasteiger partial charge in [0.05, 0.1) is 12.7 Å². The van der Waals surface area contributed by atoms with Crippen molar-refractivity contribution in [3.05, 3.63) is 53.3 Å². The van der Waals surface area contributed by atoms with Crippen molar-refractivity contribution in [1.29, 1.82) is 0 Å². The first-order valence-corrected chi connectivity index (χ1v) is 5.76. The first-order valence-electron chi connectivity index (χ1n) is 5.76. The van der Waals surface area contributed by atoms with Crippen LogP contribution in [-0.4, -0.2) is 13.1 Å². The zero-order valence-corrected chi connectivity index (χ0v) is 10.7. The van der Waals surface area contributed by atoms with Crippen molar-refractivity contribution < 1.29 is 13.9 Å². The normalized spacial score (nSPS) is 10.3. The molecule has 2 aromatic carbocycles. The van der Waals surface area contributed by atoms with Crippen LogP contribution in [0.2, 0.25) is 0 Å². The van der Waals surface area contributed by atoms with Gasteiger partial charge in [-0.15, -0.1) is 0 Å². The fraction of sp³-hybridized carbons (Fsp3) is 0.133. The number of benzene rings is 2. The molecule has 4 heteroatoms. The summed E-state index contributed by atoms with van der Waals surface area (Å²) in [5.74, 6) is -1.06. The van der Waals surface area contributed by atoms with Crippen LogP contribution in [0.5, 0.6) is 0 Å². The van der Waals surface area contributed by atoms with E-state index in [9.17, 15) is 9.18 Å². The lowest BCUT2D eigenvalue weighted by atomic mass is 10.0. The number of carbonyl (C=O) groups excluding carboxylic acids is 1. The van der Waals surface area contributed by atoms with E-state index in [-0.39, 0.29) is 5.56 Å². The second kappa shape index (κ2) is 5.10. The number of halogens is 1. The van der Waals surface area contributed by atoms with Crippen LogP contribution in [0.15, 0.2) is 36.4 Å². The number of nitrogen functional groups attached to an aromatic ring is 1. The Hall–Kier alpha value is -2.36. The molecule has 0 aromatic heterocycles. The summed E-state index contributed by atoms with van der Waals surface area (Å²) in [6, 6.07) is 9.53. The maximum Gasteiger partial charge on any atom is 0.337 e. The molecule has 0 heterocycles. The molecule has 0 saturated carbocycles. The predicted molar refractivity (Wildman–Crippen MR) is 72.3 cm³/mol. The summed E-state index contributed by atoms with van der Waals surface area (Å²) >= 11 is 0. The number of ether oxygens (including phenoxy) is 1. The Balaban J connectivity index is 2.52. The molecule has 0 fully saturated rings. The van der Waals surface area contributed by atoms with Crippen LogP contribution in [-0.2, 0) is 4.74 Å². The quantitative estimate of drug-likeness (QED) is 0.665. The largest absolute Gasteiger partial charge is 0.465 e. The minimum absolute atomic E-state index is 0.177. The maximum atomic E-state index is 13.6. The van der Waals surface area contributed by atoms with Gasteiger partial charge in [0.1, 0.15) is 5.82 Å². The third-order valence-corrected chi connectivity index (χ3v) is 2.93. The predicted octanol–water partition coefficient (Wildman–Crippen LogP) is 3.17. The summed E-state index contributed by atoms with van der Waals surface area (Å²) in [5, 5.41) is 0. The summed E-state index contributed by atoms with van der Waals surface area (Å²) in [7, 11) is 1.26. The second-order valence-electron chi connectivity index (χ2n) is 4.29. The minimum Gasteiger partial charge on any atom is -0.465 e. The highest BCUT2D eigenvalue weighted by atomic mass is 19.1. The van der Waals surface area contributed by atoms with Crippen molar-refractivity contribution in [2.24, 2.45) is 0 Å². The Bertz CT molecular complexity index is 638. The Morgan fingerprint density at radius 1 is 1.16 bits per heavy atom. The lowest BCUT2D eigenvalue weighted by Crippen LogP contribution is -2.02. The molecule has 0 amide bonds. The number of esters is 1. The molecule has 2 aromatic rings. The van der Waals surface area contributed by atoms with Crippen molar-refractivity contribution in [2.45, 2.75) is 6.92 Å². The van der Waals surface area contributed by atoms with Gasteiger partial charge in [-0.25, -0.2) is 9.18 Å². The van der Waals surface area contributed by atoms with Crippen molar-refractivity contribution in [2.75, 3.05) is 12.8 Å². The van der Waals surface area contributed by atoms with Gasteiger partial charge in [0, 0.05) is 5.69 Å². The zero-order chi connectivity index (χ0) is 14.0. The first-order chi connectivity index (χ1) is 9.01. The smallest absolute Gasteiger partial charge is 0.337 e. The first kappa shape index (κ1) is 13.1. The molecule has 3 nitrogen and oxygen atoms in total. The lowest BCUT2D eigenvalue weighted by molar-refractivity contribution is 0.0600. The molecule has 0 atom stereocenters. The molecular weight excluding hydrogens is 245 g/mol. The van der Waals surface area contributed by atoms with Crippen molar-refractivity contribution >= 4 is 11.7 Å². The van der Waals surface area contributed by atoms with Gasteiger partial charge in [-0.05, 0) is 47.9 Å². The number of anilines is 1. The van der Waals surface area contributed by atoms with Crippen LogP contribution < -0.4 is 5.73 Å². The molecule has 0 radical (unpaired) electrons. The summed E-state index contributed by atoms with van der Waals surface area (Å²) < 4.78 is 18.1. The van der Waals surface area contributed by atoms with E-state index in [0.29, 0.717) is 11.3 Å². The van der Waals surface area contributed by atoms with E-state index < -0.39 is 11.8 Å². The average molecular weight is 259 g/mol. The number of aryl methyl sites for hydroxylation is 1. The topological polar surface area (TPSA) is 52.3 Å². The van der Waals surface area contributed by atoms with Gasteiger partial charge in [-0.1, -0.05) is 12.1 Å². The standard InChI is InChI=1S/C15H14FNO2/c1-9-3-4-10(8-14(9)17)11-5-12(15(18)19-2)7-13(16)6-11/h3-8H,17H2,1-2H3. The summed E-state index contributed by atoms with van der Waals surface area (Å²) in [6.45, 7) is 1.89. The molecule has 2 N–H and O–H groups in total. The number of carbonyl (C=O) groups is 1. The van der Waals surface area contributed by atoms with Crippen LogP contribution >= 0.6 is 0 Å². The van der Waals surface area contributed by atoms with E-state index in [1.54, 1.807) is 12.1 Å². The van der Waals surface area contributed by atoms with Gasteiger partial charge in [0.2, 0.25) is 0 Å². The molecule has 98 valence electrons. The van der Waals surface area contributed by atoms with E-state index in [2.05, 4.69) is 4.74 Å². The molecule has 0 aliphatic carbocycles. The number of hydrogen-bond acceptors (Lipinski definition) is 3. The number of nitrogens with two attached hydrogens (primary N) is 1. The van der Waals surface area contributed by atoms with Crippen molar-refractivity contribution in [1.82, 2.24) is 0 Å². The molecule has 19 heavy (non-hydrogen) atoms. The van der Waals surface area contributed by atoms with Gasteiger partial charge in [0.25, 0.3) is 0 Å². The van der Waals surface area contributed by atoms with Gasteiger partial charge in [-0.2, -0.15) is 0 Å². The molecule has 0 saturated heterocycles. The van der Waals surface area contributed by atoms with Crippen LogP contribution in [0.25, 0.3) is 11.1 Å². The van der Waals surface area contributed by atoms with Crippen molar-refractivity contribution in [3.63, 3.8) is 0 Å². The third kappa shape index (κ3) is 2.73. The van der Waals surface area contributed by atoms with Gasteiger partial charge in [-0.3, -0.25) is 0 Å². The average Bonchev–Trinajstić information content (AvgIpc) is 2.40. The highest BCUT2D eigenvalue weighted by molar-refractivity contribution is 5.91. The minimum atomic E-state index is -0.569. The zero-order valence-electron chi connectivity index (χ0n) is 10.7. The van der Waals surface area contributed by atoms with Crippen molar-refractivity contribution in [3.8, 4) is 11.1 Å². The fourth-order valence-corrected chi connectivity index (χ4v) is 1.81. The monoisotopic (exact) mass is 259 g/mol. The van der Waals surface area contributed by atoms with Crippen LogP contribution in [0.4, 0.5) is 10.1 Å². The Labute approximate surface area is 110 Å². The highest BCUT2D eigenvalue weighted by Gasteiger charge is 2.10. The second-order valence-corrected chi connectivity index (χ2v) is 4.29. The molecule has 2 rings (SSSR count). The van der Waals surface area contributed by atoms with E-state index in [0.717, 1.165) is 17.2 Å². The molecule has 0 aliphatic heterocycles. The fourth-order valence-electron chi connectivity index (χ4n) is 1.81. The number of rotatable bonds is 2. The highest BCUT2D eigenvalue weighted by Crippen LogP contribution is 2.25. The molecule has 0 bridgehead atoms. The Morgan fingerprint density at radius 3 is 2.53 bits per heavy atom. The maximum absolute atomic E-state index is 13.6.